The summed E-state index contributed by atoms with van der Waals surface area (Å²) in [5.74, 6) is 0.773. The third-order valence-electron chi connectivity index (χ3n) is 1.58. The van der Waals surface area contributed by atoms with Crippen molar-refractivity contribution < 1.29 is 4.74 Å². The van der Waals surface area contributed by atoms with Gasteiger partial charge in [0.15, 0.2) is 0 Å². The van der Waals surface area contributed by atoms with Gasteiger partial charge in [0, 0.05) is 18.8 Å². The first-order chi connectivity index (χ1) is 5.77. The quantitative estimate of drug-likeness (QED) is 0.726. The zero-order valence-electron chi connectivity index (χ0n) is 7.08. The molecule has 3 heteroatoms. The highest BCUT2D eigenvalue weighted by atomic mass is 16.5. The second-order valence-electron chi connectivity index (χ2n) is 2.39. The van der Waals surface area contributed by atoms with Gasteiger partial charge in [-0.3, -0.25) is 4.98 Å². The summed E-state index contributed by atoms with van der Waals surface area (Å²) in [4.78, 5) is 4.10. The van der Waals surface area contributed by atoms with Gasteiger partial charge in [-0.05, 0) is 11.6 Å². The summed E-state index contributed by atoms with van der Waals surface area (Å²) in [7, 11) is 1.62. The smallest absolute Gasteiger partial charge is 0.122 e. The molecule has 0 spiro atoms. The SMILES string of the molecule is C=C(CN)c1cc(OC)ccn1. The van der Waals surface area contributed by atoms with Crippen molar-refractivity contribution in [2.24, 2.45) is 5.73 Å². The number of hydrogen-bond acceptors (Lipinski definition) is 3. The maximum Gasteiger partial charge on any atom is 0.122 e. The van der Waals surface area contributed by atoms with Crippen LogP contribution >= 0.6 is 0 Å². The van der Waals surface area contributed by atoms with E-state index in [0.717, 1.165) is 17.0 Å². The van der Waals surface area contributed by atoms with Crippen LogP contribution in [0, 0.1) is 0 Å². The summed E-state index contributed by atoms with van der Waals surface area (Å²) >= 11 is 0. The predicted octanol–water partition coefficient (Wildman–Crippen LogP) is 1.06. The molecule has 0 aliphatic heterocycles. The van der Waals surface area contributed by atoms with Crippen LogP contribution in [-0.2, 0) is 0 Å². The lowest BCUT2D eigenvalue weighted by Crippen LogP contribution is -2.02. The number of methoxy groups -OCH3 is 1. The van der Waals surface area contributed by atoms with Gasteiger partial charge in [0.05, 0.1) is 12.8 Å². The standard InChI is InChI=1S/C9H12N2O/c1-7(6-10)9-5-8(12-2)3-4-11-9/h3-5H,1,6,10H2,2H3. The maximum atomic E-state index is 5.42. The summed E-state index contributed by atoms with van der Waals surface area (Å²) in [5.41, 5.74) is 7.02. The molecule has 0 saturated heterocycles. The topological polar surface area (TPSA) is 48.1 Å². The monoisotopic (exact) mass is 164 g/mol. The molecule has 0 bridgehead atoms. The molecule has 0 saturated carbocycles. The maximum absolute atomic E-state index is 5.42. The fourth-order valence-corrected chi connectivity index (χ4v) is 0.836. The van der Waals surface area contributed by atoms with E-state index in [9.17, 15) is 0 Å². The van der Waals surface area contributed by atoms with E-state index >= 15 is 0 Å². The lowest BCUT2D eigenvalue weighted by atomic mass is 10.2. The number of rotatable bonds is 3. The van der Waals surface area contributed by atoms with E-state index in [4.69, 9.17) is 10.5 Å². The van der Waals surface area contributed by atoms with Crippen LogP contribution in [-0.4, -0.2) is 18.6 Å². The zero-order chi connectivity index (χ0) is 8.97. The van der Waals surface area contributed by atoms with Crippen LogP contribution in [0.4, 0.5) is 0 Å². The van der Waals surface area contributed by atoms with Crippen molar-refractivity contribution in [3.63, 3.8) is 0 Å². The average Bonchev–Trinajstić information content (AvgIpc) is 2.17. The third-order valence-corrected chi connectivity index (χ3v) is 1.58. The summed E-state index contributed by atoms with van der Waals surface area (Å²) in [5, 5.41) is 0. The van der Waals surface area contributed by atoms with Crippen molar-refractivity contribution in [1.29, 1.82) is 0 Å². The van der Waals surface area contributed by atoms with E-state index in [2.05, 4.69) is 11.6 Å². The largest absolute Gasteiger partial charge is 0.497 e. The van der Waals surface area contributed by atoms with Gasteiger partial charge in [0.25, 0.3) is 0 Å². The highest BCUT2D eigenvalue weighted by Gasteiger charge is 1.99. The van der Waals surface area contributed by atoms with Crippen LogP contribution in [0.1, 0.15) is 5.69 Å². The van der Waals surface area contributed by atoms with Crippen molar-refractivity contribution in [3.8, 4) is 5.75 Å². The molecule has 0 aromatic carbocycles. The van der Waals surface area contributed by atoms with Crippen LogP contribution in [0.3, 0.4) is 0 Å². The Morgan fingerprint density at radius 2 is 2.50 bits per heavy atom. The number of nitrogens with two attached hydrogens (primary N) is 1. The van der Waals surface area contributed by atoms with Crippen molar-refractivity contribution in [3.05, 3.63) is 30.6 Å². The second kappa shape index (κ2) is 3.88. The molecule has 0 fully saturated rings. The summed E-state index contributed by atoms with van der Waals surface area (Å²) in [6.45, 7) is 4.19. The lowest BCUT2D eigenvalue weighted by Gasteiger charge is -2.03. The number of ether oxygens (including phenoxy) is 1. The Labute approximate surface area is 71.9 Å². The number of nitrogens with zero attached hydrogens (tertiary/aromatic N) is 1. The molecule has 1 rings (SSSR count). The Morgan fingerprint density at radius 3 is 3.08 bits per heavy atom. The molecule has 0 aliphatic rings. The Bertz CT molecular complexity index is 284. The predicted molar refractivity (Wildman–Crippen MR) is 48.9 cm³/mol. The Hall–Kier alpha value is -1.35. The van der Waals surface area contributed by atoms with Crippen molar-refractivity contribution >= 4 is 5.57 Å². The molecular formula is C9H12N2O. The highest BCUT2D eigenvalue weighted by molar-refractivity contribution is 5.62. The van der Waals surface area contributed by atoms with Crippen LogP contribution < -0.4 is 10.5 Å². The van der Waals surface area contributed by atoms with Gasteiger partial charge in [-0.2, -0.15) is 0 Å². The van der Waals surface area contributed by atoms with E-state index < -0.39 is 0 Å². The third kappa shape index (κ3) is 1.83. The molecule has 0 unspecified atom stereocenters. The average molecular weight is 164 g/mol. The molecule has 0 aliphatic carbocycles. The van der Waals surface area contributed by atoms with Crippen LogP contribution in [0.5, 0.6) is 5.75 Å². The molecule has 1 heterocycles. The van der Waals surface area contributed by atoms with Gasteiger partial charge in [0.2, 0.25) is 0 Å². The van der Waals surface area contributed by atoms with Gasteiger partial charge < -0.3 is 10.5 Å². The van der Waals surface area contributed by atoms with Gasteiger partial charge >= 0.3 is 0 Å². The number of hydrogen-bond donors (Lipinski definition) is 1. The molecular weight excluding hydrogens is 152 g/mol. The lowest BCUT2D eigenvalue weighted by molar-refractivity contribution is 0.414. The fraction of sp³-hybridized carbons (Fsp3) is 0.222. The van der Waals surface area contributed by atoms with E-state index in [-0.39, 0.29) is 0 Å². The van der Waals surface area contributed by atoms with Crippen LogP contribution in [0.15, 0.2) is 24.9 Å². The molecule has 64 valence electrons. The minimum absolute atomic E-state index is 0.417. The number of pyridine rings is 1. The van der Waals surface area contributed by atoms with Crippen LogP contribution in [0.25, 0.3) is 5.57 Å². The van der Waals surface area contributed by atoms with Gasteiger partial charge in [-0.25, -0.2) is 0 Å². The van der Waals surface area contributed by atoms with Crippen molar-refractivity contribution in [1.82, 2.24) is 4.98 Å². The second-order valence-corrected chi connectivity index (χ2v) is 2.39. The Balaban J connectivity index is 2.93. The highest BCUT2D eigenvalue weighted by Crippen LogP contribution is 2.14. The first-order valence-electron chi connectivity index (χ1n) is 3.66. The van der Waals surface area contributed by atoms with E-state index in [0.29, 0.717) is 6.54 Å². The van der Waals surface area contributed by atoms with Crippen molar-refractivity contribution in [2.45, 2.75) is 0 Å². The molecule has 3 nitrogen and oxygen atoms in total. The number of aromatic nitrogens is 1. The molecule has 12 heavy (non-hydrogen) atoms. The molecule has 2 N–H and O–H groups in total. The van der Waals surface area contributed by atoms with Gasteiger partial charge in [-0.15, -0.1) is 0 Å². The Morgan fingerprint density at radius 1 is 1.75 bits per heavy atom. The first kappa shape index (κ1) is 8.74. The molecule has 0 radical (unpaired) electrons. The van der Waals surface area contributed by atoms with E-state index in [1.165, 1.54) is 0 Å². The molecule has 0 atom stereocenters. The fourth-order valence-electron chi connectivity index (χ4n) is 0.836. The van der Waals surface area contributed by atoms with Gasteiger partial charge in [0.1, 0.15) is 5.75 Å². The van der Waals surface area contributed by atoms with E-state index in [1.54, 1.807) is 19.4 Å². The van der Waals surface area contributed by atoms with Gasteiger partial charge in [-0.1, -0.05) is 6.58 Å². The van der Waals surface area contributed by atoms with E-state index in [1.807, 2.05) is 6.07 Å². The molecule has 1 aromatic rings. The van der Waals surface area contributed by atoms with Crippen LogP contribution in [0.2, 0.25) is 0 Å². The molecule has 0 amide bonds. The zero-order valence-corrected chi connectivity index (χ0v) is 7.08. The minimum atomic E-state index is 0.417. The Kier molecular flexibility index (Phi) is 2.82. The first-order valence-corrected chi connectivity index (χ1v) is 3.66. The molecule has 1 aromatic heterocycles. The van der Waals surface area contributed by atoms with Crippen molar-refractivity contribution in [2.75, 3.05) is 13.7 Å². The summed E-state index contributed by atoms with van der Waals surface area (Å²) in [6, 6.07) is 3.60. The summed E-state index contributed by atoms with van der Waals surface area (Å²) in [6.07, 6.45) is 1.68. The normalized spacial score (nSPS) is 9.50. The summed E-state index contributed by atoms with van der Waals surface area (Å²) < 4.78 is 5.03. The minimum Gasteiger partial charge on any atom is -0.497 e.